The first kappa shape index (κ1) is 15.5. The van der Waals surface area contributed by atoms with E-state index in [0.29, 0.717) is 10.7 Å². The Hall–Kier alpha value is -1.92. The first-order chi connectivity index (χ1) is 9.81. The summed E-state index contributed by atoms with van der Waals surface area (Å²) in [6.07, 6.45) is 0. The second-order valence-corrected chi connectivity index (χ2v) is 6.77. The van der Waals surface area contributed by atoms with Crippen LogP contribution >= 0.6 is 11.3 Å². The van der Waals surface area contributed by atoms with Crippen molar-refractivity contribution >= 4 is 28.1 Å². The fraction of sp³-hybridized carbons (Fsp3) is 0.333. The van der Waals surface area contributed by atoms with Crippen molar-refractivity contribution in [2.24, 2.45) is 5.84 Å². The van der Waals surface area contributed by atoms with Gasteiger partial charge in [-0.05, 0) is 30.7 Å². The van der Waals surface area contributed by atoms with Gasteiger partial charge in [-0.1, -0.05) is 20.8 Å². The number of nitrogens with zero attached hydrogens (tertiary/aromatic N) is 1. The Labute approximate surface area is 128 Å². The van der Waals surface area contributed by atoms with E-state index in [-0.39, 0.29) is 11.3 Å². The molecule has 0 saturated heterocycles. The standard InChI is InChI=1S/C15H20N4OS/c1-9-7-10(5-6-11(9)19-16)13(20)18-14-17-12(8-21-14)15(2,3)4/h5-8,19H,16H2,1-4H3,(H,17,18,20). The number of anilines is 2. The van der Waals surface area contributed by atoms with E-state index in [2.05, 4.69) is 36.5 Å². The summed E-state index contributed by atoms with van der Waals surface area (Å²) in [4.78, 5) is 16.7. The van der Waals surface area contributed by atoms with Crippen molar-refractivity contribution < 1.29 is 4.79 Å². The molecule has 112 valence electrons. The molecule has 1 heterocycles. The van der Waals surface area contributed by atoms with Gasteiger partial charge < -0.3 is 5.43 Å². The molecule has 1 aromatic carbocycles. The number of nitrogen functional groups attached to an aromatic ring is 1. The second kappa shape index (κ2) is 5.83. The minimum Gasteiger partial charge on any atom is -0.324 e. The molecule has 0 saturated carbocycles. The summed E-state index contributed by atoms with van der Waals surface area (Å²) >= 11 is 1.44. The van der Waals surface area contributed by atoms with E-state index in [1.807, 2.05) is 12.3 Å². The molecule has 6 heteroatoms. The maximum absolute atomic E-state index is 12.2. The third-order valence-electron chi connectivity index (χ3n) is 3.14. The van der Waals surface area contributed by atoms with Crippen LogP contribution in [0.4, 0.5) is 10.8 Å². The van der Waals surface area contributed by atoms with Crippen molar-refractivity contribution in [2.75, 3.05) is 10.7 Å². The van der Waals surface area contributed by atoms with Crippen molar-refractivity contribution in [3.8, 4) is 0 Å². The number of benzene rings is 1. The van der Waals surface area contributed by atoms with E-state index < -0.39 is 0 Å². The van der Waals surface area contributed by atoms with E-state index >= 15 is 0 Å². The van der Waals surface area contributed by atoms with Gasteiger partial charge in [-0.2, -0.15) is 0 Å². The Bertz CT molecular complexity index is 658. The van der Waals surface area contributed by atoms with Crippen LogP contribution in [0.3, 0.4) is 0 Å². The van der Waals surface area contributed by atoms with Gasteiger partial charge in [0.2, 0.25) is 0 Å². The molecule has 0 unspecified atom stereocenters. The molecular formula is C15H20N4OS. The number of carbonyl (C=O) groups is 1. The van der Waals surface area contributed by atoms with Gasteiger partial charge >= 0.3 is 0 Å². The average molecular weight is 304 g/mol. The molecule has 2 aromatic rings. The smallest absolute Gasteiger partial charge is 0.257 e. The number of hydrazine groups is 1. The second-order valence-electron chi connectivity index (χ2n) is 5.92. The fourth-order valence-electron chi connectivity index (χ4n) is 1.81. The summed E-state index contributed by atoms with van der Waals surface area (Å²) in [7, 11) is 0. The Kier molecular flexibility index (Phi) is 4.29. The third-order valence-corrected chi connectivity index (χ3v) is 3.89. The van der Waals surface area contributed by atoms with E-state index in [4.69, 9.17) is 5.84 Å². The van der Waals surface area contributed by atoms with Crippen LogP contribution in [0, 0.1) is 6.92 Å². The maximum atomic E-state index is 12.2. The molecule has 0 aliphatic heterocycles. The van der Waals surface area contributed by atoms with Crippen LogP contribution in [-0.4, -0.2) is 10.9 Å². The van der Waals surface area contributed by atoms with Crippen molar-refractivity contribution in [1.29, 1.82) is 0 Å². The summed E-state index contributed by atoms with van der Waals surface area (Å²) in [6.45, 7) is 8.17. The highest BCUT2D eigenvalue weighted by molar-refractivity contribution is 7.14. The number of carbonyl (C=O) groups excluding carboxylic acids is 1. The number of hydrogen-bond acceptors (Lipinski definition) is 5. The van der Waals surface area contributed by atoms with E-state index in [1.54, 1.807) is 18.2 Å². The van der Waals surface area contributed by atoms with Crippen LogP contribution in [-0.2, 0) is 5.41 Å². The molecule has 0 bridgehead atoms. The van der Waals surface area contributed by atoms with Gasteiger partial charge in [-0.25, -0.2) is 4.98 Å². The molecular weight excluding hydrogens is 284 g/mol. The maximum Gasteiger partial charge on any atom is 0.257 e. The fourth-order valence-corrected chi connectivity index (χ4v) is 2.74. The highest BCUT2D eigenvalue weighted by Gasteiger charge is 2.18. The SMILES string of the molecule is Cc1cc(C(=O)Nc2nc(C(C)(C)C)cs2)ccc1NN. The molecule has 0 aliphatic rings. The topological polar surface area (TPSA) is 80.0 Å². The van der Waals surface area contributed by atoms with Crippen LogP contribution in [0.1, 0.15) is 42.4 Å². The Morgan fingerprint density at radius 2 is 2.05 bits per heavy atom. The number of nitrogens with two attached hydrogens (primary N) is 1. The summed E-state index contributed by atoms with van der Waals surface area (Å²) in [5, 5.41) is 5.42. The first-order valence-electron chi connectivity index (χ1n) is 6.66. The van der Waals surface area contributed by atoms with Crippen LogP contribution in [0.15, 0.2) is 23.6 Å². The molecule has 0 atom stereocenters. The Balaban J connectivity index is 2.14. The lowest BCUT2D eigenvalue weighted by Crippen LogP contribution is -2.15. The molecule has 0 spiro atoms. The number of hydrogen-bond donors (Lipinski definition) is 3. The van der Waals surface area contributed by atoms with E-state index in [0.717, 1.165) is 16.9 Å². The third kappa shape index (κ3) is 3.59. The minimum atomic E-state index is -0.170. The molecule has 1 aromatic heterocycles. The largest absolute Gasteiger partial charge is 0.324 e. The number of aryl methyl sites for hydroxylation is 1. The highest BCUT2D eigenvalue weighted by Crippen LogP contribution is 2.26. The van der Waals surface area contributed by atoms with Crippen molar-refractivity contribution in [1.82, 2.24) is 4.98 Å². The molecule has 5 nitrogen and oxygen atoms in total. The van der Waals surface area contributed by atoms with Crippen molar-refractivity contribution in [3.63, 3.8) is 0 Å². The summed E-state index contributed by atoms with van der Waals surface area (Å²) in [6, 6.07) is 5.31. The van der Waals surface area contributed by atoms with E-state index in [9.17, 15) is 4.79 Å². The zero-order valence-corrected chi connectivity index (χ0v) is 13.5. The van der Waals surface area contributed by atoms with Crippen LogP contribution in [0.2, 0.25) is 0 Å². The average Bonchev–Trinajstić information content (AvgIpc) is 2.87. The lowest BCUT2D eigenvalue weighted by molar-refractivity contribution is 0.102. The number of amides is 1. The lowest BCUT2D eigenvalue weighted by Gasteiger charge is -2.14. The van der Waals surface area contributed by atoms with Gasteiger partial charge in [-0.3, -0.25) is 16.0 Å². The van der Waals surface area contributed by atoms with Gasteiger partial charge in [0.05, 0.1) is 11.4 Å². The van der Waals surface area contributed by atoms with Crippen LogP contribution in [0.5, 0.6) is 0 Å². The molecule has 4 N–H and O–H groups in total. The highest BCUT2D eigenvalue weighted by atomic mass is 32.1. The van der Waals surface area contributed by atoms with Gasteiger partial charge in [0.15, 0.2) is 5.13 Å². The minimum absolute atomic E-state index is 0.0233. The molecule has 0 radical (unpaired) electrons. The number of nitrogens with one attached hydrogen (secondary N) is 2. The Morgan fingerprint density at radius 1 is 1.33 bits per heavy atom. The zero-order chi connectivity index (χ0) is 15.6. The summed E-state index contributed by atoms with van der Waals surface area (Å²) in [5.41, 5.74) is 5.84. The van der Waals surface area contributed by atoms with Crippen molar-refractivity contribution in [2.45, 2.75) is 33.1 Å². The van der Waals surface area contributed by atoms with Gasteiger partial charge in [-0.15, -0.1) is 11.3 Å². The molecule has 0 aliphatic carbocycles. The summed E-state index contributed by atoms with van der Waals surface area (Å²) < 4.78 is 0. The predicted octanol–water partition coefficient (Wildman–Crippen LogP) is 3.29. The molecule has 21 heavy (non-hydrogen) atoms. The normalized spacial score (nSPS) is 11.3. The first-order valence-corrected chi connectivity index (χ1v) is 7.54. The van der Waals surface area contributed by atoms with Crippen LogP contribution < -0.4 is 16.6 Å². The zero-order valence-electron chi connectivity index (χ0n) is 12.7. The summed E-state index contributed by atoms with van der Waals surface area (Å²) in [5.74, 6) is 5.22. The van der Waals surface area contributed by atoms with Gasteiger partial charge in [0.25, 0.3) is 5.91 Å². The Morgan fingerprint density at radius 3 is 2.57 bits per heavy atom. The lowest BCUT2D eigenvalue weighted by atomic mass is 9.93. The quantitative estimate of drug-likeness (QED) is 0.600. The van der Waals surface area contributed by atoms with Gasteiger partial charge in [0, 0.05) is 16.4 Å². The molecule has 0 fully saturated rings. The monoisotopic (exact) mass is 304 g/mol. The number of rotatable bonds is 3. The number of thiazole rings is 1. The molecule has 1 amide bonds. The van der Waals surface area contributed by atoms with E-state index in [1.165, 1.54) is 11.3 Å². The van der Waals surface area contributed by atoms with Crippen molar-refractivity contribution in [3.05, 3.63) is 40.4 Å². The predicted molar refractivity (Wildman–Crippen MR) is 87.8 cm³/mol. The molecule has 2 rings (SSSR count). The van der Waals surface area contributed by atoms with Crippen LogP contribution in [0.25, 0.3) is 0 Å². The number of aromatic nitrogens is 1. The van der Waals surface area contributed by atoms with Gasteiger partial charge in [0.1, 0.15) is 0 Å².